The van der Waals surface area contributed by atoms with Crippen LogP contribution in [0.15, 0.2) is 200 Å². The Bertz CT molecular complexity index is 7040. The minimum atomic E-state index is -0.382. The summed E-state index contributed by atoms with van der Waals surface area (Å²) in [7, 11) is 0. The van der Waals surface area contributed by atoms with Gasteiger partial charge in [0.15, 0.2) is 0 Å². The Balaban J connectivity index is 0.764. The molecule has 0 fully saturated rings. The third-order valence-corrected chi connectivity index (χ3v) is 29.4. The van der Waals surface area contributed by atoms with Crippen molar-refractivity contribution in [3.63, 3.8) is 0 Å². The summed E-state index contributed by atoms with van der Waals surface area (Å²) in [6.45, 7) is 65.3. The first-order valence-corrected chi connectivity index (χ1v) is 43.7. The molecule has 0 bridgehead atoms. The summed E-state index contributed by atoms with van der Waals surface area (Å²) >= 11 is 0. The van der Waals surface area contributed by atoms with E-state index in [1.165, 1.54) is 215 Å². The number of rotatable bonds is 7. The molecule has 6 heteroatoms. The molecule has 16 aromatic rings. The first-order chi connectivity index (χ1) is 54.7. The summed E-state index contributed by atoms with van der Waals surface area (Å²) in [5, 5.41) is 10.6. The van der Waals surface area contributed by atoms with Crippen molar-refractivity contribution >= 4 is 133 Å². The predicted molar refractivity (Wildman–Crippen MR) is 509 cm³/mol. The average Bonchev–Trinajstić information content (AvgIpc) is 1.60. The van der Waals surface area contributed by atoms with Gasteiger partial charge < -0.3 is 18.3 Å². The summed E-state index contributed by atoms with van der Waals surface area (Å²) < 4.78 is 10.6. The van der Waals surface area contributed by atoms with Crippen LogP contribution in [0.3, 0.4) is 0 Å². The molecule has 0 radical (unpaired) electrons. The van der Waals surface area contributed by atoms with Crippen LogP contribution in [0.1, 0.15) is 265 Å². The highest BCUT2D eigenvalue weighted by Crippen LogP contribution is 2.51. The molecule has 20 rings (SSSR count). The van der Waals surface area contributed by atoms with Crippen molar-refractivity contribution in [1.29, 1.82) is 0 Å². The van der Waals surface area contributed by atoms with Crippen LogP contribution in [-0.4, -0.2) is 31.7 Å². The van der Waals surface area contributed by atoms with Crippen molar-refractivity contribution in [1.82, 2.24) is 18.3 Å². The van der Waals surface area contributed by atoms with Crippen LogP contribution < -0.4 is 32.8 Å². The molecule has 0 atom stereocenters. The number of nitrogens with zero attached hydrogens (tertiary/aromatic N) is 4. The lowest BCUT2D eigenvalue weighted by atomic mass is 9.30. The van der Waals surface area contributed by atoms with Crippen molar-refractivity contribution in [3.05, 3.63) is 273 Å². The molecule has 0 saturated heterocycles. The number of hydrogen-bond acceptors (Lipinski definition) is 0. The fourth-order valence-corrected chi connectivity index (χ4v) is 21.9. The van der Waals surface area contributed by atoms with Crippen LogP contribution in [0.4, 0.5) is 0 Å². The van der Waals surface area contributed by atoms with Crippen LogP contribution in [-0.2, 0) is 54.1 Å². The molecule has 4 aliphatic heterocycles. The molecule has 4 nitrogen and oxygen atoms in total. The molecule has 4 aliphatic rings. The number of aryl methyl sites for hydroxylation is 1. The molecule has 0 amide bonds. The van der Waals surface area contributed by atoms with Gasteiger partial charge in [0.05, 0.1) is 33.1 Å². The Morgan fingerprint density at radius 3 is 1.04 bits per heavy atom. The molecule has 117 heavy (non-hydrogen) atoms. The highest BCUT2D eigenvalue weighted by Gasteiger charge is 2.50. The van der Waals surface area contributed by atoms with Crippen LogP contribution >= 0.6 is 0 Å². The summed E-state index contributed by atoms with van der Waals surface area (Å²) in [6.07, 6.45) is 1.97. The van der Waals surface area contributed by atoms with E-state index in [4.69, 9.17) is 0 Å². The van der Waals surface area contributed by atoms with Gasteiger partial charge >= 0.3 is 0 Å². The van der Waals surface area contributed by atoms with Crippen molar-refractivity contribution in [2.75, 3.05) is 0 Å². The molecule has 0 saturated carbocycles. The lowest BCUT2D eigenvalue weighted by Gasteiger charge is -2.43. The van der Waals surface area contributed by atoms with E-state index in [0.717, 1.165) is 12.8 Å². The van der Waals surface area contributed by atoms with Gasteiger partial charge in [-0.05, 0) is 260 Å². The second-order valence-electron chi connectivity index (χ2n) is 45.1. The SMILES string of the molecule is Cc1cc2c3c(c1)C(C)(C)c1cc4c(cc1B3c1cc(C(C)(C)C)cc3c5cc(C(C)(C)C)ccc5n-2c13)c1cc(C(C)(C)CCC(C)(C)c2cc3c5c(c2)C(C)(C)c2cc6c(cc2B5c2cc(C(C)(C)C)cc5c7cc(C(C)(C)C)ccc7n-3c25)c2ccccc2n6-c2ccc(C(C)(C)C)cc2)ccc1n4-c1ccc(C(C)(C)C)cc1. The Labute approximate surface area is 696 Å². The van der Waals surface area contributed by atoms with E-state index in [1.807, 2.05) is 0 Å². The Hall–Kier alpha value is -10.0. The van der Waals surface area contributed by atoms with Crippen molar-refractivity contribution in [2.24, 2.45) is 0 Å². The molecule has 8 heterocycles. The van der Waals surface area contributed by atoms with Crippen LogP contribution in [0.2, 0.25) is 0 Å². The topological polar surface area (TPSA) is 19.7 Å². The van der Waals surface area contributed by atoms with Crippen molar-refractivity contribution < 1.29 is 0 Å². The van der Waals surface area contributed by atoms with Gasteiger partial charge in [0.25, 0.3) is 0 Å². The Kier molecular flexibility index (Phi) is 15.6. The molecular formula is C111H118B2N4. The normalized spacial score (nSPS) is 15.3. The highest BCUT2D eigenvalue weighted by atomic mass is 15.0. The first kappa shape index (κ1) is 75.7. The summed E-state index contributed by atoms with van der Waals surface area (Å²) in [5.41, 5.74) is 40.7. The molecule has 0 N–H and O–H groups in total. The Morgan fingerprint density at radius 1 is 0.256 bits per heavy atom. The second kappa shape index (κ2) is 24.1. The molecule has 0 unspecified atom stereocenters. The number of para-hydroxylation sites is 1. The standard InChI is InChI=1S/C111H118B2N4/c1-63-48-84-98-96(49-63)116-92-43-36-66(104(8,9)10)50-76(92)80-53-69(106(14,15)16)56-88(100(80)116)112(98)87-60-79-75-52-68(38-45-91(75)115(95(79)62-82(87)110(84,24)25)73-41-34-65(35-42-73)103(5,6)7)108(20,21)46-47-109(22,23)71-55-85-99-97(58-71)117-93-44-37-67(105(11,12)13)51-77(93)81-54-70(107(17,18)19)57-89(101(81)117)113(99)86-59-78-74-30-28-29-31-90(74)114(94(78)61-83(86)111(85,26)27)72-39-32-64(33-40-72)102(2,3)4/h28-45,48-62H,46-47H2,1-27H3. The van der Waals surface area contributed by atoms with Gasteiger partial charge in [0.2, 0.25) is 13.4 Å². The van der Waals surface area contributed by atoms with Crippen LogP contribution in [0.5, 0.6) is 0 Å². The number of aromatic nitrogens is 4. The minimum Gasteiger partial charge on any atom is -0.310 e. The van der Waals surface area contributed by atoms with E-state index in [-0.39, 0.29) is 67.6 Å². The van der Waals surface area contributed by atoms with E-state index < -0.39 is 0 Å². The van der Waals surface area contributed by atoms with Crippen molar-refractivity contribution in [3.8, 4) is 22.7 Å². The number of benzene rings is 12. The average molecular weight is 1530 g/mol. The molecule has 0 aliphatic carbocycles. The van der Waals surface area contributed by atoms with E-state index >= 15 is 0 Å². The fraction of sp³-hybridized carbons (Fsp3) is 0.351. The largest absolute Gasteiger partial charge is 0.310 e. The first-order valence-electron chi connectivity index (χ1n) is 43.7. The van der Waals surface area contributed by atoms with Gasteiger partial charge in [-0.25, -0.2) is 0 Å². The van der Waals surface area contributed by atoms with Gasteiger partial charge in [-0.15, -0.1) is 0 Å². The molecular weight excluding hydrogens is 1410 g/mol. The smallest absolute Gasteiger partial charge is 0.247 e. The Morgan fingerprint density at radius 2 is 0.598 bits per heavy atom. The zero-order chi connectivity index (χ0) is 82.7. The third-order valence-electron chi connectivity index (χ3n) is 29.4. The van der Waals surface area contributed by atoms with E-state index in [9.17, 15) is 0 Å². The van der Waals surface area contributed by atoms with Gasteiger partial charge in [-0.1, -0.05) is 288 Å². The summed E-state index contributed by atoms with van der Waals surface area (Å²) in [4.78, 5) is 0. The van der Waals surface area contributed by atoms with Crippen molar-refractivity contribution in [2.45, 2.75) is 254 Å². The maximum atomic E-state index is 2.74. The summed E-state index contributed by atoms with van der Waals surface area (Å²) in [5.74, 6) is 0. The van der Waals surface area contributed by atoms with E-state index in [0.29, 0.717) is 0 Å². The predicted octanol–water partition coefficient (Wildman–Crippen LogP) is 25.1. The third kappa shape index (κ3) is 11.0. The number of fused-ring (bicyclic) bond motifs is 20. The lowest BCUT2D eigenvalue weighted by Crippen LogP contribution is -2.63. The monoisotopic (exact) mass is 1530 g/mol. The summed E-state index contributed by atoms with van der Waals surface area (Å²) in [6, 6.07) is 82.0. The quantitative estimate of drug-likeness (QED) is 0.142. The highest BCUT2D eigenvalue weighted by molar-refractivity contribution is 7.00. The second-order valence-corrected chi connectivity index (χ2v) is 45.1. The molecule has 4 aromatic heterocycles. The van der Waals surface area contributed by atoms with Gasteiger partial charge in [0, 0.05) is 87.7 Å². The zero-order valence-electron chi connectivity index (χ0n) is 74.9. The van der Waals surface area contributed by atoms with Gasteiger partial charge in [-0.3, -0.25) is 0 Å². The lowest BCUT2D eigenvalue weighted by molar-refractivity contribution is 0.374. The maximum Gasteiger partial charge on any atom is 0.247 e. The maximum absolute atomic E-state index is 2.74. The zero-order valence-corrected chi connectivity index (χ0v) is 74.9. The molecule has 0 spiro atoms. The molecule has 12 aromatic carbocycles. The van der Waals surface area contributed by atoms with Gasteiger partial charge in [0.1, 0.15) is 0 Å². The van der Waals surface area contributed by atoms with Gasteiger partial charge in [-0.2, -0.15) is 0 Å². The van der Waals surface area contributed by atoms with Crippen LogP contribution in [0.25, 0.3) is 110 Å². The minimum absolute atomic E-state index is 0.000713. The number of hydrogen-bond donors (Lipinski definition) is 0. The fourth-order valence-electron chi connectivity index (χ4n) is 21.9. The van der Waals surface area contributed by atoms with E-state index in [2.05, 4.69) is 405 Å². The van der Waals surface area contributed by atoms with E-state index in [1.54, 1.807) is 0 Å². The van der Waals surface area contributed by atoms with Crippen LogP contribution in [0, 0.1) is 6.92 Å². The molecule has 588 valence electrons.